The summed E-state index contributed by atoms with van der Waals surface area (Å²) in [5.74, 6) is 1.50. The normalized spacial score (nSPS) is 7.33. The first-order valence-electron chi connectivity index (χ1n) is 2.69. The summed E-state index contributed by atoms with van der Waals surface area (Å²) in [6.45, 7) is 10.8. The first kappa shape index (κ1) is 9.02. The number of allylic oxidation sites excluding steroid dienone is 2. The fraction of sp³-hybridized carbons (Fsp3) is 0.333. The molecule has 0 radical (unpaired) electrons. The Hall–Kier alpha value is 0.0151. The second-order valence-corrected chi connectivity index (χ2v) is 4.97. The van der Waals surface area contributed by atoms with Crippen molar-refractivity contribution in [1.82, 2.24) is 0 Å². The van der Waals surface area contributed by atoms with E-state index < -0.39 is 25.5 Å². The second-order valence-electron chi connectivity index (χ2n) is 1.81. The van der Waals surface area contributed by atoms with E-state index in [1.165, 1.54) is 0 Å². The van der Waals surface area contributed by atoms with Gasteiger partial charge in [0.1, 0.15) is 0 Å². The molecule has 0 fully saturated rings. The first-order chi connectivity index (χ1) is 4.13. The molecule has 0 spiro atoms. The molecule has 0 aromatic heterocycles. The molecule has 2 nitrogen and oxygen atoms in total. The molecule has 0 N–H and O–H groups in total. The molecule has 0 atom stereocenters. The molecule has 0 aromatic rings. The molecule has 9 heavy (non-hydrogen) atoms. The van der Waals surface area contributed by atoms with Gasteiger partial charge in [-0.15, -0.1) is 0 Å². The van der Waals surface area contributed by atoms with Crippen LogP contribution in [0.3, 0.4) is 0 Å². The third kappa shape index (κ3) is 8.02. The number of hydrogen-bond donors (Lipinski definition) is 0. The summed E-state index contributed by atoms with van der Waals surface area (Å²) in [5.41, 5.74) is 0. The van der Waals surface area contributed by atoms with Crippen LogP contribution in [-0.4, -0.2) is 0 Å². The molecule has 0 saturated carbocycles. The minimum absolute atomic E-state index is 0.748. The van der Waals surface area contributed by atoms with Crippen LogP contribution in [0.5, 0.6) is 0 Å². The Bertz CT molecular complexity index is 106. The molecule has 0 aliphatic rings. The molecule has 0 unspecified atom stereocenters. The van der Waals surface area contributed by atoms with Crippen molar-refractivity contribution in [2.75, 3.05) is 0 Å². The summed E-state index contributed by atoms with van der Waals surface area (Å²) >= 11 is -1.54. The van der Waals surface area contributed by atoms with Crippen LogP contribution in [-0.2, 0) is 30.8 Å². The quantitative estimate of drug-likeness (QED) is 0.584. The molecule has 0 bridgehead atoms. The van der Waals surface area contributed by atoms with Crippen molar-refractivity contribution in [3.8, 4) is 0 Å². The Kier molecular flexibility index (Phi) is 4.86. The van der Waals surface area contributed by atoms with Crippen LogP contribution >= 0.6 is 0 Å². The first-order valence-corrected chi connectivity index (χ1v) is 7.18. The Morgan fingerprint density at radius 3 is 1.67 bits per heavy atom. The van der Waals surface area contributed by atoms with Crippen molar-refractivity contribution in [2.45, 2.75) is 13.8 Å². The van der Waals surface area contributed by atoms with Gasteiger partial charge < -0.3 is 0 Å². The van der Waals surface area contributed by atoms with E-state index in [4.69, 9.17) is 5.29 Å². The SMILES string of the molecule is C=C(C)[O][Hg][O]C(=C)C. The van der Waals surface area contributed by atoms with Gasteiger partial charge in [-0.05, 0) is 0 Å². The summed E-state index contributed by atoms with van der Waals surface area (Å²) in [6, 6.07) is 0. The van der Waals surface area contributed by atoms with Crippen LogP contribution in [0.1, 0.15) is 13.8 Å². The minimum atomic E-state index is -1.54. The Morgan fingerprint density at radius 1 is 1.11 bits per heavy atom. The van der Waals surface area contributed by atoms with Gasteiger partial charge in [-0.25, -0.2) is 0 Å². The van der Waals surface area contributed by atoms with E-state index in [1.54, 1.807) is 0 Å². The molecule has 0 aliphatic carbocycles. The molecule has 0 aliphatic heterocycles. The predicted octanol–water partition coefficient (Wildman–Crippen LogP) is 2.00. The fourth-order valence-corrected chi connectivity index (χ4v) is 2.02. The van der Waals surface area contributed by atoms with Gasteiger partial charge in [-0.1, -0.05) is 0 Å². The van der Waals surface area contributed by atoms with E-state index in [-0.39, 0.29) is 0 Å². The molecule has 0 saturated heterocycles. The van der Waals surface area contributed by atoms with Gasteiger partial charge in [-0.2, -0.15) is 0 Å². The van der Waals surface area contributed by atoms with Gasteiger partial charge in [0.15, 0.2) is 0 Å². The zero-order valence-corrected chi connectivity index (χ0v) is 11.4. The fourth-order valence-electron chi connectivity index (χ4n) is 0.231. The van der Waals surface area contributed by atoms with Crippen LogP contribution in [0, 0.1) is 0 Å². The molecular formula is C6H10HgO2. The standard InChI is InChI=1S/2C3H6O.Hg/c2*1-3(2)4;/h2*4H,1H2,2H3;/q;;+2/p-2. The van der Waals surface area contributed by atoms with Gasteiger partial charge in [0.25, 0.3) is 0 Å². The second kappa shape index (κ2) is 4.85. The van der Waals surface area contributed by atoms with E-state index in [0.717, 1.165) is 11.5 Å². The molecule has 0 rings (SSSR count). The summed E-state index contributed by atoms with van der Waals surface area (Å²) in [6.07, 6.45) is 0. The van der Waals surface area contributed by atoms with Gasteiger partial charge in [-0.3, -0.25) is 0 Å². The van der Waals surface area contributed by atoms with Crippen molar-refractivity contribution in [3.63, 3.8) is 0 Å². The van der Waals surface area contributed by atoms with Crippen molar-refractivity contribution < 1.29 is 30.8 Å². The molecule has 0 heterocycles. The third-order valence-electron chi connectivity index (χ3n) is 0.611. The maximum absolute atomic E-state index is 5.10. The monoisotopic (exact) mass is 316 g/mol. The average molecular weight is 315 g/mol. The Labute approximate surface area is 69.3 Å². The number of hydrogen-bond acceptors (Lipinski definition) is 2. The number of rotatable bonds is 4. The van der Waals surface area contributed by atoms with Crippen LogP contribution in [0.25, 0.3) is 0 Å². The summed E-state index contributed by atoms with van der Waals surface area (Å²) < 4.78 is 10.2. The topological polar surface area (TPSA) is 18.5 Å². The Morgan fingerprint density at radius 2 is 1.44 bits per heavy atom. The summed E-state index contributed by atoms with van der Waals surface area (Å²) in [4.78, 5) is 0. The molecular weight excluding hydrogens is 305 g/mol. The van der Waals surface area contributed by atoms with E-state index in [9.17, 15) is 0 Å². The van der Waals surface area contributed by atoms with Crippen molar-refractivity contribution in [1.29, 1.82) is 0 Å². The molecule has 3 heteroatoms. The molecule has 0 amide bonds. The van der Waals surface area contributed by atoms with Crippen LogP contribution in [0.15, 0.2) is 24.7 Å². The molecule has 48 valence electrons. The maximum atomic E-state index is 5.10. The zero-order valence-electron chi connectivity index (χ0n) is 5.94. The van der Waals surface area contributed by atoms with E-state index in [0.29, 0.717) is 0 Å². The van der Waals surface area contributed by atoms with Gasteiger partial charge >= 0.3 is 69.3 Å². The van der Waals surface area contributed by atoms with Crippen LogP contribution in [0.2, 0.25) is 0 Å². The summed E-state index contributed by atoms with van der Waals surface area (Å²) in [5, 5.41) is 0. The Balaban J connectivity index is 3.10. The van der Waals surface area contributed by atoms with E-state index in [1.807, 2.05) is 13.8 Å². The van der Waals surface area contributed by atoms with Crippen molar-refractivity contribution in [2.24, 2.45) is 0 Å². The predicted molar refractivity (Wildman–Crippen MR) is 31.8 cm³/mol. The average Bonchev–Trinajstić information content (AvgIpc) is 1.63. The zero-order chi connectivity index (χ0) is 7.28. The van der Waals surface area contributed by atoms with Crippen LogP contribution < -0.4 is 0 Å². The van der Waals surface area contributed by atoms with Gasteiger partial charge in [0, 0.05) is 0 Å². The molecule has 0 aromatic carbocycles. The van der Waals surface area contributed by atoms with Crippen LogP contribution in [0.4, 0.5) is 0 Å². The summed E-state index contributed by atoms with van der Waals surface area (Å²) in [7, 11) is 0. The van der Waals surface area contributed by atoms with Crippen molar-refractivity contribution in [3.05, 3.63) is 24.7 Å². The third-order valence-corrected chi connectivity index (χ3v) is 5.36. The van der Waals surface area contributed by atoms with E-state index in [2.05, 4.69) is 13.2 Å². The van der Waals surface area contributed by atoms with Gasteiger partial charge in [0.2, 0.25) is 0 Å². The van der Waals surface area contributed by atoms with Crippen molar-refractivity contribution >= 4 is 0 Å². The van der Waals surface area contributed by atoms with Gasteiger partial charge in [0.05, 0.1) is 0 Å². The van der Waals surface area contributed by atoms with E-state index >= 15 is 0 Å².